The van der Waals surface area contributed by atoms with Gasteiger partial charge in [0.15, 0.2) is 0 Å². The van der Waals surface area contributed by atoms with Crippen LogP contribution in [0, 0.1) is 6.92 Å². The summed E-state index contributed by atoms with van der Waals surface area (Å²) in [7, 11) is -1.31. The van der Waals surface area contributed by atoms with Crippen LogP contribution in [0.25, 0.3) is 5.69 Å². The highest BCUT2D eigenvalue weighted by Gasteiger charge is 2.37. The zero-order chi connectivity index (χ0) is 20.5. The fraction of sp³-hybridized carbons (Fsp3) is 0.211. The minimum absolute atomic E-state index is 0. The molecule has 0 amide bonds. The Balaban J connectivity index is 0.00000300. The van der Waals surface area contributed by atoms with E-state index >= 15 is 0 Å². The first kappa shape index (κ1) is 22.9. The smallest absolute Gasteiger partial charge is 0.387 e. The molecule has 2 aromatic carbocycles. The molecule has 0 aliphatic carbocycles. The molecule has 1 unspecified atom stereocenters. The maximum atomic E-state index is 13.0. The molecule has 156 valence electrons. The lowest BCUT2D eigenvalue weighted by Gasteiger charge is -2.16. The Morgan fingerprint density at radius 1 is 1.07 bits per heavy atom. The van der Waals surface area contributed by atoms with Gasteiger partial charge in [-0.15, -0.1) is 0 Å². The number of benzene rings is 2. The molecule has 0 fully saturated rings. The van der Waals surface area contributed by atoms with Crippen molar-refractivity contribution in [3.05, 3.63) is 76.2 Å². The van der Waals surface area contributed by atoms with Crippen molar-refractivity contribution in [1.29, 1.82) is 0 Å². The maximum absolute atomic E-state index is 13.0. The van der Waals surface area contributed by atoms with E-state index in [0.717, 1.165) is 0 Å². The molecule has 0 saturated carbocycles. The number of nitrogens with two attached hydrogens (primary N) is 1. The topological polar surface area (TPSA) is 110 Å². The highest BCUT2D eigenvalue weighted by atomic mass is 35.5. The van der Waals surface area contributed by atoms with E-state index in [9.17, 15) is 19.1 Å². The van der Waals surface area contributed by atoms with E-state index in [4.69, 9.17) is 4.74 Å². The molecule has 0 saturated heterocycles. The van der Waals surface area contributed by atoms with Crippen molar-refractivity contribution in [3.8, 4) is 11.4 Å². The number of hydrogen-bond donors (Lipinski definition) is 3. The molecule has 1 aromatic heterocycles. The number of para-hydroxylation sites is 1. The Bertz CT molecular complexity index is 1070. The minimum Gasteiger partial charge on any atom is -1.00 e. The molecule has 3 rings (SSSR count). The number of halogens is 1. The fourth-order valence-corrected chi connectivity index (χ4v) is 4.03. The van der Waals surface area contributed by atoms with Crippen molar-refractivity contribution in [2.24, 2.45) is 7.05 Å². The van der Waals surface area contributed by atoms with E-state index in [1.807, 2.05) is 18.2 Å². The molecule has 0 aliphatic heterocycles. The molecule has 0 spiro atoms. The van der Waals surface area contributed by atoms with Gasteiger partial charge in [0, 0.05) is 12.6 Å². The molecule has 3 aromatic rings. The average Bonchev–Trinajstić information content (AvgIpc) is 2.88. The molecule has 0 aliphatic rings. The third kappa shape index (κ3) is 4.63. The highest BCUT2D eigenvalue weighted by molar-refractivity contribution is 7.51. The van der Waals surface area contributed by atoms with Crippen LogP contribution in [0.3, 0.4) is 0 Å². The lowest BCUT2D eigenvalue weighted by Crippen LogP contribution is -3.00. The van der Waals surface area contributed by atoms with Gasteiger partial charge in [0.2, 0.25) is 11.5 Å². The lowest BCUT2D eigenvalue weighted by atomic mass is 10.2. The number of hydrogen-bond acceptors (Lipinski definition) is 3. The summed E-state index contributed by atoms with van der Waals surface area (Å²) >= 11 is 0. The van der Waals surface area contributed by atoms with Gasteiger partial charge in [-0.3, -0.25) is 19.4 Å². The van der Waals surface area contributed by atoms with Crippen LogP contribution in [0.5, 0.6) is 5.75 Å². The van der Waals surface area contributed by atoms with Crippen LogP contribution in [0.15, 0.2) is 59.4 Å². The summed E-state index contributed by atoms with van der Waals surface area (Å²) in [5.74, 6) is -0.660. The third-order valence-corrected chi connectivity index (χ3v) is 5.91. The molecule has 10 heteroatoms. The lowest BCUT2D eigenvalue weighted by molar-refractivity contribution is -0.598. The van der Waals surface area contributed by atoms with Crippen molar-refractivity contribution < 1.29 is 36.8 Å². The number of rotatable bonds is 6. The van der Waals surface area contributed by atoms with Crippen LogP contribution < -0.4 is 28.0 Å². The SMILES string of the molecule is COc1ccc(C([NH2+]c2c(C)n(C)n(-c3ccccc3)c2=O)P(=O)(O)O)cc1.[Cl-]. The van der Waals surface area contributed by atoms with Crippen molar-refractivity contribution in [2.45, 2.75) is 12.7 Å². The summed E-state index contributed by atoms with van der Waals surface area (Å²) in [6.07, 6.45) is 0. The van der Waals surface area contributed by atoms with Gasteiger partial charge in [-0.1, -0.05) is 18.2 Å². The first-order chi connectivity index (χ1) is 13.2. The van der Waals surface area contributed by atoms with Crippen molar-refractivity contribution in [2.75, 3.05) is 7.11 Å². The molecule has 8 nitrogen and oxygen atoms in total. The van der Waals surface area contributed by atoms with Gasteiger partial charge in [-0.25, -0.2) is 4.68 Å². The number of methoxy groups -OCH3 is 1. The second-order valence-corrected chi connectivity index (χ2v) is 8.18. The number of nitrogens with zero attached hydrogens (tertiary/aromatic N) is 2. The van der Waals surface area contributed by atoms with E-state index in [0.29, 0.717) is 22.7 Å². The minimum atomic E-state index is -4.56. The van der Waals surface area contributed by atoms with Crippen molar-refractivity contribution in [3.63, 3.8) is 0 Å². The Kier molecular flexibility index (Phi) is 7.11. The summed E-state index contributed by atoms with van der Waals surface area (Å²) in [6, 6.07) is 15.5. The highest BCUT2D eigenvalue weighted by Crippen LogP contribution is 2.47. The molecule has 1 atom stereocenters. The van der Waals surface area contributed by atoms with Crippen LogP contribution in [0.1, 0.15) is 17.0 Å². The van der Waals surface area contributed by atoms with E-state index in [2.05, 4.69) is 0 Å². The Morgan fingerprint density at radius 2 is 1.66 bits per heavy atom. The third-order valence-electron chi connectivity index (χ3n) is 4.74. The number of quaternary nitrogens is 1. The van der Waals surface area contributed by atoms with Crippen LogP contribution in [-0.4, -0.2) is 26.3 Å². The summed E-state index contributed by atoms with van der Waals surface area (Å²) in [6.45, 7) is 1.75. The molecule has 0 radical (unpaired) electrons. The second kappa shape index (κ2) is 8.98. The van der Waals surface area contributed by atoms with Crippen LogP contribution in [0.4, 0.5) is 5.69 Å². The molecule has 29 heavy (non-hydrogen) atoms. The van der Waals surface area contributed by atoms with E-state index in [-0.39, 0.29) is 23.7 Å². The normalized spacial score (nSPS) is 12.3. The van der Waals surface area contributed by atoms with Crippen molar-refractivity contribution >= 4 is 13.3 Å². The fourth-order valence-electron chi connectivity index (χ4n) is 3.13. The van der Waals surface area contributed by atoms with Gasteiger partial charge >= 0.3 is 13.2 Å². The average molecular weight is 440 g/mol. The summed E-state index contributed by atoms with van der Waals surface area (Å²) in [4.78, 5) is 32.9. The first-order valence-electron chi connectivity index (χ1n) is 8.62. The maximum Gasteiger partial charge on any atom is 0.387 e. The predicted molar refractivity (Wildman–Crippen MR) is 105 cm³/mol. The second-order valence-electron chi connectivity index (χ2n) is 6.45. The van der Waals surface area contributed by atoms with Gasteiger partial charge < -0.3 is 26.9 Å². The Labute approximate surface area is 174 Å². The molecular formula is C19H23ClN3O5P. The summed E-state index contributed by atoms with van der Waals surface area (Å²) in [5.41, 5.74) is 1.62. The van der Waals surface area contributed by atoms with Crippen molar-refractivity contribution in [1.82, 2.24) is 9.36 Å². The van der Waals surface area contributed by atoms with Crippen LogP contribution in [0.2, 0.25) is 0 Å². The molecule has 1 heterocycles. The predicted octanol–water partition coefficient (Wildman–Crippen LogP) is -1.43. The van der Waals surface area contributed by atoms with Gasteiger partial charge in [0.05, 0.1) is 18.5 Å². The molecule has 4 N–H and O–H groups in total. The van der Waals surface area contributed by atoms with Crippen LogP contribution >= 0.6 is 7.60 Å². The van der Waals surface area contributed by atoms with E-state index in [1.165, 1.54) is 17.1 Å². The van der Waals surface area contributed by atoms with Gasteiger partial charge in [-0.05, 0) is 43.3 Å². The van der Waals surface area contributed by atoms with Crippen LogP contribution in [-0.2, 0) is 11.6 Å². The summed E-state index contributed by atoms with van der Waals surface area (Å²) < 4.78 is 20.4. The monoisotopic (exact) mass is 439 g/mol. The molecular weight excluding hydrogens is 417 g/mol. The quantitative estimate of drug-likeness (QED) is 0.408. The standard InChI is InChI=1S/C19H22N3O5P.ClH/c1-13-17(19(23)22(21(13)2)15-7-5-4-6-8-15)20-18(28(24,25)26)14-9-11-16(27-3)12-10-14;/h4-12,18,20H,1-3H3,(H2,24,25,26);1H. The van der Waals surface area contributed by atoms with E-state index in [1.54, 1.807) is 55.1 Å². The van der Waals surface area contributed by atoms with Gasteiger partial charge in [-0.2, -0.15) is 0 Å². The van der Waals surface area contributed by atoms with Gasteiger partial charge in [0.1, 0.15) is 5.75 Å². The first-order valence-corrected chi connectivity index (χ1v) is 10.3. The molecule has 0 bridgehead atoms. The Hall–Kier alpha value is -2.35. The van der Waals surface area contributed by atoms with E-state index < -0.39 is 13.4 Å². The largest absolute Gasteiger partial charge is 1.00 e. The Morgan fingerprint density at radius 3 is 2.17 bits per heavy atom. The number of ether oxygens (including phenoxy) is 1. The van der Waals surface area contributed by atoms with Gasteiger partial charge in [0.25, 0.3) is 0 Å². The summed E-state index contributed by atoms with van der Waals surface area (Å²) in [5, 5.41) is 1.36. The zero-order valence-corrected chi connectivity index (χ0v) is 17.8. The number of aromatic nitrogens is 2. The zero-order valence-electron chi connectivity index (χ0n) is 16.2.